The largest absolute Gasteiger partial charge is 0.477 e. The number of pyridine rings is 2. The van der Waals surface area contributed by atoms with Crippen LogP contribution < -0.4 is 9.80 Å². The van der Waals surface area contributed by atoms with Crippen molar-refractivity contribution >= 4 is 29.0 Å². The number of nitrogens with zero attached hydrogens (tertiary/aromatic N) is 7. The zero-order valence-electron chi connectivity index (χ0n) is 23.7. The lowest BCUT2D eigenvalue weighted by Gasteiger charge is -2.54. The summed E-state index contributed by atoms with van der Waals surface area (Å²) in [7, 11) is 0. The molecule has 0 bridgehead atoms. The SMILES string of the molecule is Cc1cc(N2CC[C@](C)(c3ccccc3)C2)cn2nc(C(=O)N3CCOC4(C3)CN(c3cccc(C(=O)O)n3)C4)nc12. The van der Waals surface area contributed by atoms with Crippen molar-refractivity contribution in [1.29, 1.82) is 0 Å². The number of ether oxygens (including phenoxy) is 1. The lowest BCUT2D eigenvalue weighted by molar-refractivity contribution is -0.114. The maximum atomic E-state index is 13.6. The van der Waals surface area contributed by atoms with Crippen LogP contribution in [0.15, 0.2) is 60.8 Å². The van der Waals surface area contributed by atoms with E-state index in [4.69, 9.17) is 4.74 Å². The highest BCUT2D eigenvalue weighted by Crippen LogP contribution is 2.37. The lowest BCUT2D eigenvalue weighted by Crippen LogP contribution is -2.71. The molecule has 1 amide bonds. The molecule has 3 aliphatic heterocycles. The highest BCUT2D eigenvalue weighted by molar-refractivity contribution is 5.91. The summed E-state index contributed by atoms with van der Waals surface area (Å²) in [5.74, 6) is -0.520. The van der Waals surface area contributed by atoms with Gasteiger partial charge in [0.05, 0.1) is 38.1 Å². The molecule has 1 N–H and O–H groups in total. The highest BCUT2D eigenvalue weighted by Gasteiger charge is 2.49. The van der Waals surface area contributed by atoms with Crippen LogP contribution in [0.25, 0.3) is 5.65 Å². The van der Waals surface area contributed by atoms with Gasteiger partial charge in [-0.25, -0.2) is 19.3 Å². The number of carboxylic acids is 1. The number of carboxylic acid groups (broad SMARTS) is 1. The van der Waals surface area contributed by atoms with E-state index in [2.05, 4.69) is 63.3 Å². The van der Waals surface area contributed by atoms with Crippen molar-refractivity contribution in [3.05, 3.63) is 83.4 Å². The summed E-state index contributed by atoms with van der Waals surface area (Å²) in [5.41, 5.74) is 3.61. The van der Waals surface area contributed by atoms with Crippen LogP contribution in [0.2, 0.25) is 0 Å². The molecular weight excluding hydrogens is 534 g/mol. The number of fused-ring (bicyclic) bond motifs is 1. The first-order chi connectivity index (χ1) is 20.2. The van der Waals surface area contributed by atoms with Crippen LogP contribution in [-0.2, 0) is 10.2 Å². The standard InChI is InChI=1S/C31H33N7O4/c1-21-15-23(35-12-11-30(2,17-35)22-7-4-3-5-8-22)16-38-27(21)33-26(34-38)28(39)36-13-14-42-31(18-36)19-37(20-31)25-10-6-9-24(32-25)29(40)41/h3-10,15-16H,11-14,17-20H2,1-2H3,(H,40,41)/t30-/m0/s1. The summed E-state index contributed by atoms with van der Waals surface area (Å²) in [6.07, 6.45) is 3.04. The molecule has 3 aliphatic rings. The van der Waals surface area contributed by atoms with Crippen molar-refractivity contribution in [2.45, 2.75) is 31.3 Å². The number of rotatable bonds is 5. The summed E-state index contributed by atoms with van der Waals surface area (Å²) in [5, 5.41) is 13.9. The van der Waals surface area contributed by atoms with Crippen molar-refractivity contribution in [2.75, 3.05) is 55.7 Å². The number of aromatic nitrogens is 4. The molecule has 11 nitrogen and oxygen atoms in total. The van der Waals surface area contributed by atoms with Gasteiger partial charge in [0.2, 0.25) is 5.82 Å². The van der Waals surface area contributed by atoms with Gasteiger partial charge >= 0.3 is 5.97 Å². The molecule has 216 valence electrons. The molecule has 42 heavy (non-hydrogen) atoms. The quantitative estimate of drug-likeness (QED) is 0.388. The monoisotopic (exact) mass is 567 g/mol. The predicted molar refractivity (Wildman–Crippen MR) is 156 cm³/mol. The first-order valence-corrected chi connectivity index (χ1v) is 14.3. The second-order valence-corrected chi connectivity index (χ2v) is 12.0. The molecule has 3 aromatic heterocycles. The van der Waals surface area contributed by atoms with E-state index >= 15 is 0 Å². The van der Waals surface area contributed by atoms with Crippen molar-refractivity contribution in [3.63, 3.8) is 0 Å². The summed E-state index contributed by atoms with van der Waals surface area (Å²) in [4.78, 5) is 39.9. The van der Waals surface area contributed by atoms with Crippen LogP contribution in [-0.4, -0.2) is 92.9 Å². The Morgan fingerprint density at radius 3 is 2.55 bits per heavy atom. The third-order valence-electron chi connectivity index (χ3n) is 8.87. The molecule has 1 aromatic carbocycles. The molecule has 3 fully saturated rings. The second kappa shape index (κ2) is 9.80. The van der Waals surface area contributed by atoms with Crippen LogP contribution in [0.4, 0.5) is 11.5 Å². The molecule has 3 saturated heterocycles. The van der Waals surface area contributed by atoms with E-state index in [-0.39, 0.29) is 22.8 Å². The van der Waals surface area contributed by atoms with E-state index in [0.717, 1.165) is 30.8 Å². The van der Waals surface area contributed by atoms with Crippen molar-refractivity contribution < 1.29 is 19.4 Å². The maximum absolute atomic E-state index is 13.6. The fourth-order valence-electron chi connectivity index (χ4n) is 6.53. The van der Waals surface area contributed by atoms with Gasteiger partial charge < -0.3 is 24.5 Å². The smallest absolute Gasteiger partial charge is 0.354 e. The number of aryl methyl sites for hydroxylation is 1. The number of amides is 1. The van der Waals surface area contributed by atoms with Gasteiger partial charge in [0.15, 0.2) is 11.3 Å². The van der Waals surface area contributed by atoms with Gasteiger partial charge in [0.25, 0.3) is 5.91 Å². The zero-order chi connectivity index (χ0) is 29.1. The molecule has 1 atom stereocenters. The number of anilines is 2. The van der Waals surface area contributed by atoms with Crippen LogP contribution in [0, 0.1) is 6.92 Å². The minimum Gasteiger partial charge on any atom is -0.477 e. The van der Waals surface area contributed by atoms with Crippen LogP contribution in [0.1, 0.15) is 45.6 Å². The van der Waals surface area contributed by atoms with Crippen LogP contribution in [0.5, 0.6) is 0 Å². The Morgan fingerprint density at radius 1 is 0.952 bits per heavy atom. The Balaban J connectivity index is 1.06. The molecule has 7 rings (SSSR count). The number of carbonyl (C=O) groups is 2. The van der Waals surface area contributed by atoms with E-state index in [1.54, 1.807) is 21.5 Å². The Morgan fingerprint density at radius 2 is 1.76 bits per heavy atom. The summed E-state index contributed by atoms with van der Waals surface area (Å²) >= 11 is 0. The fraction of sp³-hybridized carbons (Fsp3) is 0.387. The van der Waals surface area contributed by atoms with E-state index in [9.17, 15) is 14.7 Å². The van der Waals surface area contributed by atoms with Gasteiger partial charge in [0.1, 0.15) is 11.4 Å². The first-order valence-electron chi connectivity index (χ1n) is 14.3. The van der Waals surface area contributed by atoms with Gasteiger partial charge in [-0.2, -0.15) is 0 Å². The lowest BCUT2D eigenvalue weighted by atomic mass is 9.82. The fourth-order valence-corrected chi connectivity index (χ4v) is 6.53. The Kier molecular flexibility index (Phi) is 6.16. The minimum absolute atomic E-state index is 0.00105. The summed E-state index contributed by atoms with van der Waals surface area (Å²) < 4.78 is 7.85. The molecule has 0 aliphatic carbocycles. The summed E-state index contributed by atoms with van der Waals surface area (Å²) in [6, 6.07) is 17.7. The highest BCUT2D eigenvalue weighted by atomic mass is 16.5. The van der Waals surface area contributed by atoms with Gasteiger partial charge in [-0.05, 0) is 42.7 Å². The third-order valence-corrected chi connectivity index (χ3v) is 8.87. The average molecular weight is 568 g/mol. The van der Waals surface area contributed by atoms with E-state index in [1.165, 1.54) is 11.6 Å². The van der Waals surface area contributed by atoms with Crippen LogP contribution in [0.3, 0.4) is 0 Å². The first kappa shape index (κ1) is 26.4. The van der Waals surface area contributed by atoms with Crippen molar-refractivity contribution in [1.82, 2.24) is 24.5 Å². The van der Waals surface area contributed by atoms with Crippen LogP contribution >= 0.6 is 0 Å². The normalized spacial score (nSPS) is 21.6. The zero-order valence-corrected chi connectivity index (χ0v) is 23.7. The number of morpholine rings is 1. The van der Waals surface area contributed by atoms with E-state index < -0.39 is 11.6 Å². The van der Waals surface area contributed by atoms with E-state index in [1.807, 2.05) is 18.0 Å². The molecule has 0 unspecified atom stereocenters. The third kappa shape index (κ3) is 4.53. The van der Waals surface area contributed by atoms with Crippen molar-refractivity contribution in [3.8, 4) is 0 Å². The molecule has 6 heterocycles. The Hall–Kier alpha value is -4.51. The summed E-state index contributed by atoms with van der Waals surface area (Å²) in [6.45, 7) is 8.50. The number of hydrogen-bond donors (Lipinski definition) is 1. The average Bonchev–Trinajstić information content (AvgIpc) is 3.61. The van der Waals surface area contributed by atoms with Gasteiger partial charge in [-0.1, -0.05) is 43.3 Å². The molecule has 0 radical (unpaired) electrons. The van der Waals surface area contributed by atoms with Crippen molar-refractivity contribution in [2.24, 2.45) is 0 Å². The second-order valence-electron chi connectivity index (χ2n) is 12.0. The molecule has 0 saturated carbocycles. The Bertz CT molecular complexity index is 1680. The predicted octanol–water partition coefficient (Wildman–Crippen LogP) is 3.03. The molecule has 1 spiro atoms. The number of aromatic carboxylic acids is 1. The number of benzene rings is 1. The topological polar surface area (TPSA) is 116 Å². The van der Waals surface area contributed by atoms with Gasteiger partial charge in [0, 0.05) is 25.0 Å². The molecule has 4 aromatic rings. The number of hydrogen-bond acceptors (Lipinski definition) is 8. The number of carbonyl (C=O) groups excluding carboxylic acids is 1. The minimum atomic E-state index is -1.06. The van der Waals surface area contributed by atoms with Gasteiger partial charge in [-0.3, -0.25) is 4.79 Å². The Labute approximate surface area is 243 Å². The van der Waals surface area contributed by atoms with E-state index in [0.29, 0.717) is 44.3 Å². The maximum Gasteiger partial charge on any atom is 0.354 e. The molecular formula is C31H33N7O4. The van der Waals surface area contributed by atoms with Gasteiger partial charge in [-0.15, -0.1) is 5.10 Å². The molecule has 11 heteroatoms.